The standard InChI is InChI=1S/C16H19N5O2/c1-11-7-13(17-2)8-14(20-11)15-10-21(5-6-23-15)16(22)12-3-4-18-19-9-12/h3-4,7-9,15H,5-6,10H2,1-2H3,(H,17,20)/t15-/m1/s1. The lowest BCUT2D eigenvalue weighted by molar-refractivity contribution is -0.0247. The molecule has 2 aromatic heterocycles. The van der Waals surface area contributed by atoms with Crippen LogP contribution in [0.2, 0.25) is 0 Å². The van der Waals surface area contributed by atoms with Crippen molar-refractivity contribution in [3.63, 3.8) is 0 Å². The van der Waals surface area contributed by atoms with Crippen molar-refractivity contribution in [1.29, 1.82) is 0 Å². The molecule has 0 aliphatic carbocycles. The van der Waals surface area contributed by atoms with Gasteiger partial charge in [-0.15, -0.1) is 0 Å². The summed E-state index contributed by atoms with van der Waals surface area (Å²) in [6, 6.07) is 5.60. The first-order valence-corrected chi connectivity index (χ1v) is 7.51. The van der Waals surface area contributed by atoms with Crippen LogP contribution in [0, 0.1) is 6.92 Å². The lowest BCUT2D eigenvalue weighted by Gasteiger charge is -2.33. The van der Waals surface area contributed by atoms with Crippen LogP contribution in [0.3, 0.4) is 0 Å². The monoisotopic (exact) mass is 313 g/mol. The van der Waals surface area contributed by atoms with Crippen molar-refractivity contribution < 1.29 is 9.53 Å². The molecule has 1 saturated heterocycles. The zero-order valence-electron chi connectivity index (χ0n) is 13.2. The minimum absolute atomic E-state index is 0.0605. The number of aryl methyl sites for hydroxylation is 1. The van der Waals surface area contributed by atoms with Crippen LogP contribution in [0.1, 0.15) is 27.8 Å². The number of anilines is 1. The van der Waals surface area contributed by atoms with E-state index >= 15 is 0 Å². The summed E-state index contributed by atoms with van der Waals surface area (Å²) in [7, 11) is 1.87. The van der Waals surface area contributed by atoms with E-state index in [1.807, 2.05) is 26.1 Å². The lowest BCUT2D eigenvalue weighted by Crippen LogP contribution is -2.42. The zero-order chi connectivity index (χ0) is 16.2. The zero-order valence-corrected chi connectivity index (χ0v) is 13.2. The summed E-state index contributed by atoms with van der Waals surface area (Å²) in [5.41, 5.74) is 3.27. The van der Waals surface area contributed by atoms with Gasteiger partial charge in [0.25, 0.3) is 5.91 Å². The number of pyridine rings is 1. The third kappa shape index (κ3) is 3.45. The van der Waals surface area contributed by atoms with Crippen molar-refractivity contribution in [2.75, 3.05) is 32.1 Å². The van der Waals surface area contributed by atoms with Gasteiger partial charge in [0.2, 0.25) is 0 Å². The summed E-state index contributed by atoms with van der Waals surface area (Å²) in [4.78, 5) is 18.9. The highest BCUT2D eigenvalue weighted by Crippen LogP contribution is 2.24. The number of hydrogen-bond donors (Lipinski definition) is 1. The third-order valence-electron chi connectivity index (χ3n) is 3.78. The molecule has 0 aromatic carbocycles. The number of nitrogens with one attached hydrogen (secondary N) is 1. The molecule has 0 radical (unpaired) electrons. The fraction of sp³-hybridized carbons (Fsp3) is 0.375. The Labute approximate surface area is 134 Å². The second kappa shape index (κ2) is 6.70. The molecule has 7 heteroatoms. The molecule has 1 aliphatic heterocycles. The van der Waals surface area contributed by atoms with E-state index in [2.05, 4.69) is 20.5 Å². The molecular weight excluding hydrogens is 294 g/mol. The second-order valence-corrected chi connectivity index (χ2v) is 5.41. The average Bonchev–Trinajstić information content (AvgIpc) is 2.61. The maximum atomic E-state index is 12.5. The Kier molecular flexibility index (Phi) is 4.47. The highest BCUT2D eigenvalue weighted by atomic mass is 16.5. The maximum Gasteiger partial charge on any atom is 0.255 e. The van der Waals surface area contributed by atoms with Gasteiger partial charge in [-0.25, -0.2) is 0 Å². The fourth-order valence-corrected chi connectivity index (χ4v) is 2.62. The normalized spacial score (nSPS) is 17.8. The smallest absolute Gasteiger partial charge is 0.255 e. The van der Waals surface area contributed by atoms with Crippen molar-refractivity contribution in [1.82, 2.24) is 20.1 Å². The first-order chi connectivity index (χ1) is 11.2. The van der Waals surface area contributed by atoms with Crippen LogP contribution < -0.4 is 5.32 Å². The van der Waals surface area contributed by atoms with Crippen molar-refractivity contribution in [3.8, 4) is 0 Å². The summed E-state index contributed by atoms with van der Waals surface area (Å²) in [6.07, 6.45) is 2.78. The van der Waals surface area contributed by atoms with Gasteiger partial charge >= 0.3 is 0 Å². The summed E-state index contributed by atoms with van der Waals surface area (Å²) in [6.45, 7) is 3.46. The lowest BCUT2D eigenvalue weighted by atomic mass is 10.1. The van der Waals surface area contributed by atoms with Gasteiger partial charge in [-0.3, -0.25) is 9.78 Å². The van der Waals surface area contributed by atoms with E-state index in [0.717, 1.165) is 17.1 Å². The molecule has 1 atom stereocenters. The number of ether oxygens (including phenoxy) is 1. The Bertz CT molecular complexity index is 692. The van der Waals surface area contributed by atoms with Crippen LogP contribution in [0.15, 0.2) is 30.6 Å². The van der Waals surface area contributed by atoms with Crippen LogP contribution in [0.25, 0.3) is 0 Å². The van der Waals surface area contributed by atoms with E-state index in [-0.39, 0.29) is 12.0 Å². The van der Waals surface area contributed by atoms with E-state index < -0.39 is 0 Å². The van der Waals surface area contributed by atoms with E-state index in [9.17, 15) is 4.79 Å². The van der Waals surface area contributed by atoms with Gasteiger partial charge in [0.05, 0.1) is 36.8 Å². The van der Waals surface area contributed by atoms with Gasteiger partial charge in [-0.2, -0.15) is 10.2 Å². The maximum absolute atomic E-state index is 12.5. The molecule has 2 aromatic rings. The number of morpholine rings is 1. The summed E-state index contributed by atoms with van der Waals surface area (Å²) >= 11 is 0. The van der Waals surface area contributed by atoms with Crippen LogP contribution in [-0.2, 0) is 4.74 Å². The van der Waals surface area contributed by atoms with Crippen LogP contribution in [0.5, 0.6) is 0 Å². The van der Waals surface area contributed by atoms with Crippen LogP contribution >= 0.6 is 0 Å². The van der Waals surface area contributed by atoms with Gasteiger partial charge in [0, 0.05) is 25.0 Å². The van der Waals surface area contributed by atoms with Gasteiger partial charge in [0.1, 0.15) is 6.10 Å². The van der Waals surface area contributed by atoms with Crippen molar-refractivity contribution in [2.45, 2.75) is 13.0 Å². The average molecular weight is 313 g/mol. The predicted molar refractivity (Wildman–Crippen MR) is 85.1 cm³/mol. The number of amides is 1. The molecule has 1 N–H and O–H groups in total. The number of nitrogens with zero attached hydrogens (tertiary/aromatic N) is 4. The van der Waals surface area contributed by atoms with Gasteiger partial charge in [0.15, 0.2) is 0 Å². The molecule has 0 saturated carbocycles. The topological polar surface area (TPSA) is 80.2 Å². The molecule has 0 bridgehead atoms. The Balaban J connectivity index is 1.78. The largest absolute Gasteiger partial charge is 0.388 e. The molecule has 120 valence electrons. The molecule has 3 rings (SSSR count). The Morgan fingerprint density at radius 1 is 1.39 bits per heavy atom. The Morgan fingerprint density at radius 2 is 2.26 bits per heavy atom. The van der Waals surface area contributed by atoms with Crippen LogP contribution in [-0.4, -0.2) is 52.7 Å². The molecule has 7 nitrogen and oxygen atoms in total. The van der Waals surface area contributed by atoms with Crippen molar-refractivity contribution >= 4 is 11.6 Å². The highest BCUT2D eigenvalue weighted by Gasteiger charge is 2.27. The first-order valence-electron chi connectivity index (χ1n) is 7.51. The molecular formula is C16H19N5O2. The predicted octanol–water partition coefficient (Wildman–Crippen LogP) is 1.44. The molecule has 23 heavy (non-hydrogen) atoms. The minimum atomic E-state index is -0.227. The van der Waals surface area contributed by atoms with Crippen molar-refractivity contribution in [3.05, 3.63) is 47.5 Å². The number of rotatable bonds is 3. The minimum Gasteiger partial charge on any atom is -0.388 e. The number of carbonyl (C=O) groups excluding carboxylic acids is 1. The number of hydrogen-bond acceptors (Lipinski definition) is 6. The second-order valence-electron chi connectivity index (χ2n) is 5.41. The molecule has 3 heterocycles. The molecule has 1 fully saturated rings. The molecule has 0 spiro atoms. The fourth-order valence-electron chi connectivity index (χ4n) is 2.62. The molecule has 1 aliphatic rings. The van der Waals surface area contributed by atoms with Crippen molar-refractivity contribution in [2.24, 2.45) is 0 Å². The number of carbonyl (C=O) groups is 1. The van der Waals surface area contributed by atoms with Gasteiger partial charge < -0.3 is 15.0 Å². The van der Waals surface area contributed by atoms with Gasteiger partial charge in [-0.1, -0.05) is 0 Å². The highest BCUT2D eigenvalue weighted by molar-refractivity contribution is 5.93. The SMILES string of the molecule is CNc1cc(C)nc([C@H]2CN(C(=O)c3ccnnc3)CCO2)c1. The van der Waals surface area contributed by atoms with E-state index in [0.29, 0.717) is 25.3 Å². The Hall–Kier alpha value is -2.54. The van der Waals surface area contributed by atoms with E-state index in [1.165, 1.54) is 12.4 Å². The third-order valence-corrected chi connectivity index (χ3v) is 3.78. The molecule has 0 unspecified atom stereocenters. The van der Waals surface area contributed by atoms with Gasteiger partial charge in [-0.05, 0) is 25.1 Å². The first kappa shape index (κ1) is 15.4. The molecule has 1 amide bonds. The summed E-state index contributed by atoms with van der Waals surface area (Å²) in [5, 5.41) is 10.6. The van der Waals surface area contributed by atoms with E-state index in [1.54, 1.807) is 11.0 Å². The Morgan fingerprint density at radius 3 is 3.00 bits per heavy atom. The summed E-state index contributed by atoms with van der Waals surface area (Å²) < 4.78 is 5.82. The quantitative estimate of drug-likeness (QED) is 0.923. The number of aromatic nitrogens is 3. The summed E-state index contributed by atoms with van der Waals surface area (Å²) in [5.74, 6) is -0.0605. The van der Waals surface area contributed by atoms with Crippen LogP contribution in [0.4, 0.5) is 5.69 Å². The van der Waals surface area contributed by atoms with E-state index in [4.69, 9.17) is 4.74 Å².